The molecule has 0 saturated heterocycles. The van der Waals surface area contributed by atoms with E-state index in [2.05, 4.69) is 10.6 Å². The van der Waals surface area contributed by atoms with Gasteiger partial charge in [0, 0.05) is 17.1 Å². The van der Waals surface area contributed by atoms with Gasteiger partial charge in [-0.15, -0.1) is 0 Å². The zero-order chi connectivity index (χ0) is 14.7. The standard InChI is InChI=1S/C15H16FN3O/c1-9-8-14(10(2)7-13(9)17)19-15(20)18-12-5-3-11(16)4-6-12/h3-8H,17H2,1-2H3,(H2,18,19,20). The van der Waals surface area contributed by atoms with E-state index in [1.54, 1.807) is 0 Å². The fourth-order valence-corrected chi connectivity index (χ4v) is 1.79. The largest absolute Gasteiger partial charge is 0.399 e. The smallest absolute Gasteiger partial charge is 0.323 e. The summed E-state index contributed by atoms with van der Waals surface area (Å²) in [6.07, 6.45) is 0. The Morgan fingerprint density at radius 3 is 2.35 bits per heavy atom. The van der Waals surface area contributed by atoms with E-state index in [0.717, 1.165) is 11.1 Å². The molecule has 2 rings (SSSR count). The van der Waals surface area contributed by atoms with Crippen LogP contribution in [-0.4, -0.2) is 6.03 Å². The normalized spacial score (nSPS) is 10.2. The molecule has 104 valence electrons. The Hall–Kier alpha value is -2.56. The van der Waals surface area contributed by atoms with Gasteiger partial charge >= 0.3 is 6.03 Å². The van der Waals surface area contributed by atoms with Crippen molar-refractivity contribution < 1.29 is 9.18 Å². The monoisotopic (exact) mass is 273 g/mol. The van der Waals surface area contributed by atoms with E-state index >= 15 is 0 Å². The van der Waals surface area contributed by atoms with Crippen LogP contribution in [0.15, 0.2) is 36.4 Å². The quantitative estimate of drug-likeness (QED) is 0.731. The average molecular weight is 273 g/mol. The van der Waals surface area contributed by atoms with Gasteiger partial charge < -0.3 is 16.4 Å². The number of hydrogen-bond donors (Lipinski definition) is 3. The van der Waals surface area contributed by atoms with Crippen LogP contribution >= 0.6 is 0 Å². The number of nitrogen functional groups attached to an aromatic ring is 1. The summed E-state index contributed by atoms with van der Waals surface area (Å²) in [4.78, 5) is 11.9. The van der Waals surface area contributed by atoms with Crippen LogP contribution in [0.4, 0.5) is 26.2 Å². The number of benzene rings is 2. The summed E-state index contributed by atoms with van der Waals surface area (Å²) in [7, 11) is 0. The summed E-state index contributed by atoms with van der Waals surface area (Å²) in [5, 5.41) is 5.37. The molecule has 0 radical (unpaired) electrons. The lowest BCUT2D eigenvalue weighted by molar-refractivity contribution is 0.262. The van der Waals surface area contributed by atoms with Gasteiger partial charge in [0.25, 0.3) is 0 Å². The summed E-state index contributed by atoms with van der Waals surface area (Å²) in [6, 6.07) is 8.80. The number of halogens is 1. The molecule has 0 aromatic heterocycles. The minimum atomic E-state index is -0.385. The molecule has 0 spiro atoms. The van der Waals surface area contributed by atoms with Crippen LogP contribution in [0.1, 0.15) is 11.1 Å². The number of nitrogens with two attached hydrogens (primary N) is 1. The van der Waals surface area contributed by atoms with Crippen molar-refractivity contribution in [1.82, 2.24) is 0 Å². The Labute approximate surface area is 116 Å². The first-order chi connectivity index (χ1) is 9.45. The number of amides is 2. The molecule has 0 unspecified atom stereocenters. The Morgan fingerprint density at radius 2 is 1.70 bits per heavy atom. The molecule has 0 saturated carbocycles. The van der Waals surface area contributed by atoms with Gasteiger partial charge in [0.1, 0.15) is 5.82 Å². The Balaban J connectivity index is 2.08. The molecule has 0 fully saturated rings. The third-order valence-electron chi connectivity index (χ3n) is 2.96. The molecule has 0 aliphatic heterocycles. The summed E-state index contributed by atoms with van der Waals surface area (Å²) in [6.45, 7) is 3.74. The van der Waals surface area contributed by atoms with Crippen LogP contribution in [0.25, 0.3) is 0 Å². The van der Waals surface area contributed by atoms with E-state index in [4.69, 9.17) is 5.73 Å². The number of carbonyl (C=O) groups excluding carboxylic acids is 1. The summed E-state index contributed by atoms with van der Waals surface area (Å²) in [5.41, 5.74) is 9.47. The minimum Gasteiger partial charge on any atom is -0.399 e. The molecule has 0 bridgehead atoms. The van der Waals surface area contributed by atoms with Crippen molar-refractivity contribution in [3.8, 4) is 0 Å². The Morgan fingerprint density at radius 1 is 1.05 bits per heavy atom. The summed E-state index contributed by atoms with van der Waals surface area (Å²) >= 11 is 0. The molecular formula is C15H16FN3O. The third kappa shape index (κ3) is 3.26. The van der Waals surface area contributed by atoms with E-state index in [1.807, 2.05) is 26.0 Å². The fourth-order valence-electron chi connectivity index (χ4n) is 1.79. The molecule has 0 aliphatic carbocycles. The molecule has 0 heterocycles. The first kappa shape index (κ1) is 13.9. The predicted molar refractivity (Wildman–Crippen MR) is 79.4 cm³/mol. The maximum Gasteiger partial charge on any atom is 0.323 e. The number of carbonyl (C=O) groups is 1. The Bertz CT molecular complexity index is 638. The third-order valence-corrected chi connectivity index (χ3v) is 2.96. The SMILES string of the molecule is Cc1cc(NC(=O)Nc2ccc(F)cc2)c(C)cc1N. The van der Waals surface area contributed by atoms with Crippen molar-refractivity contribution >= 4 is 23.1 Å². The number of urea groups is 1. The molecule has 2 aromatic carbocycles. The molecule has 5 heteroatoms. The highest BCUT2D eigenvalue weighted by Gasteiger charge is 2.07. The van der Waals surface area contributed by atoms with Crippen molar-refractivity contribution in [3.63, 3.8) is 0 Å². The van der Waals surface area contributed by atoms with Crippen LogP contribution in [0.2, 0.25) is 0 Å². The number of aryl methyl sites for hydroxylation is 2. The van der Waals surface area contributed by atoms with Crippen molar-refractivity contribution in [2.24, 2.45) is 0 Å². The second-order valence-electron chi connectivity index (χ2n) is 4.61. The van der Waals surface area contributed by atoms with Crippen LogP contribution < -0.4 is 16.4 Å². The first-order valence-electron chi connectivity index (χ1n) is 6.16. The Kier molecular flexibility index (Phi) is 3.89. The minimum absolute atomic E-state index is 0.346. The fraction of sp³-hybridized carbons (Fsp3) is 0.133. The van der Waals surface area contributed by atoms with E-state index in [0.29, 0.717) is 17.1 Å². The van der Waals surface area contributed by atoms with E-state index in [-0.39, 0.29) is 11.8 Å². The number of rotatable bonds is 2. The van der Waals surface area contributed by atoms with E-state index in [9.17, 15) is 9.18 Å². The van der Waals surface area contributed by atoms with Crippen molar-refractivity contribution in [2.75, 3.05) is 16.4 Å². The zero-order valence-corrected chi connectivity index (χ0v) is 11.3. The molecule has 2 amide bonds. The topological polar surface area (TPSA) is 67.2 Å². The lowest BCUT2D eigenvalue weighted by atomic mass is 10.1. The molecule has 0 atom stereocenters. The number of nitrogens with one attached hydrogen (secondary N) is 2. The van der Waals surface area contributed by atoms with E-state index < -0.39 is 0 Å². The van der Waals surface area contributed by atoms with Gasteiger partial charge in [0.05, 0.1) is 0 Å². The lowest BCUT2D eigenvalue weighted by Gasteiger charge is -2.12. The molecular weight excluding hydrogens is 257 g/mol. The van der Waals surface area contributed by atoms with Crippen LogP contribution in [0, 0.1) is 19.7 Å². The van der Waals surface area contributed by atoms with Gasteiger partial charge in [-0.2, -0.15) is 0 Å². The van der Waals surface area contributed by atoms with Gasteiger partial charge in [-0.25, -0.2) is 9.18 Å². The van der Waals surface area contributed by atoms with Crippen LogP contribution in [0.5, 0.6) is 0 Å². The van der Waals surface area contributed by atoms with Crippen molar-refractivity contribution in [3.05, 3.63) is 53.3 Å². The van der Waals surface area contributed by atoms with Crippen LogP contribution in [-0.2, 0) is 0 Å². The van der Waals surface area contributed by atoms with Gasteiger partial charge in [0.2, 0.25) is 0 Å². The molecule has 2 aromatic rings. The maximum atomic E-state index is 12.8. The second kappa shape index (κ2) is 5.61. The lowest BCUT2D eigenvalue weighted by Crippen LogP contribution is -2.20. The highest BCUT2D eigenvalue weighted by atomic mass is 19.1. The number of hydrogen-bond acceptors (Lipinski definition) is 2. The maximum absolute atomic E-state index is 12.8. The zero-order valence-electron chi connectivity index (χ0n) is 11.3. The molecule has 0 aliphatic rings. The first-order valence-corrected chi connectivity index (χ1v) is 6.16. The molecule has 20 heavy (non-hydrogen) atoms. The average Bonchev–Trinajstić information content (AvgIpc) is 2.39. The van der Waals surface area contributed by atoms with Gasteiger partial charge in [-0.3, -0.25) is 0 Å². The van der Waals surface area contributed by atoms with Crippen LogP contribution in [0.3, 0.4) is 0 Å². The van der Waals surface area contributed by atoms with Crippen molar-refractivity contribution in [2.45, 2.75) is 13.8 Å². The van der Waals surface area contributed by atoms with Crippen molar-refractivity contribution in [1.29, 1.82) is 0 Å². The van der Waals surface area contributed by atoms with E-state index in [1.165, 1.54) is 24.3 Å². The highest BCUT2D eigenvalue weighted by Crippen LogP contribution is 2.22. The summed E-state index contributed by atoms with van der Waals surface area (Å²) < 4.78 is 12.8. The van der Waals surface area contributed by atoms with Gasteiger partial charge in [-0.1, -0.05) is 0 Å². The number of anilines is 3. The predicted octanol–water partition coefficient (Wildman–Crippen LogP) is 3.67. The summed E-state index contributed by atoms with van der Waals surface area (Å²) in [5.74, 6) is -0.346. The van der Waals surface area contributed by atoms with Gasteiger partial charge in [0.15, 0.2) is 0 Å². The second-order valence-corrected chi connectivity index (χ2v) is 4.61. The molecule has 4 nitrogen and oxygen atoms in total. The highest BCUT2D eigenvalue weighted by molar-refractivity contribution is 6.00. The van der Waals surface area contributed by atoms with Gasteiger partial charge in [-0.05, 0) is 61.4 Å². The molecule has 4 N–H and O–H groups in total.